The van der Waals surface area contributed by atoms with E-state index in [1.165, 1.54) is 0 Å². The molecule has 0 saturated heterocycles. The van der Waals surface area contributed by atoms with Gasteiger partial charge in [-0.25, -0.2) is 0 Å². The molecule has 1 unspecified atom stereocenters. The van der Waals surface area contributed by atoms with Gasteiger partial charge in [-0.2, -0.15) is 0 Å². The molecule has 5 nitrogen and oxygen atoms in total. The van der Waals surface area contributed by atoms with Crippen LogP contribution in [0.4, 0.5) is 11.4 Å². The summed E-state index contributed by atoms with van der Waals surface area (Å²) in [5.74, 6) is 1.51. The van der Waals surface area contributed by atoms with Crippen molar-refractivity contribution in [3.8, 4) is 11.5 Å². The van der Waals surface area contributed by atoms with Crippen LogP contribution in [-0.4, -0.2) is 26.7 Å². The molecule has 5 heteroatoms. The quantitative estimate of drug-likeness (QED) is 0.879. The molecule has 2 rings (SSSR count). The lowest BCUT2D eigenvalue weighted by molar-refractivity contribution is -0.120. The summed E-state index contributed by atoms with van der Waals surface area (Å²) < 4.78 is 10.5. The first-order chi connectivity index (χ1) is 9.06. The van der Waals surface area contributed by atoms with E-state index >= 15 is 0 Å². The summed E-state index contributed by atoms with van der Waals surface area (Å²) in [5, 5.41) is 6.24. The predicted molar refractivity (Wildman–Crippen MR) is 75.0 cm³/mol. The molecule has 1 amide bonds. The predicted octanol–water partition coefficient (Wildman–Crippen LogP) is 2.34. The normalized spacial score (nSPS) is 18.2. The van der Waals surface area contributed by atoms with E-state index in [1.54, 1.807) is 20.3 Å². The molecule has 0 saturated carbocycles. The van der Waals surface area contributed by atoms with Crippen LogP contribution in [0.5, 0.6) is 11.5 Å². The third-order valence-electron chi connectivity index (χ3n) is 3.44. The third kappa shape index (κ3) is 2.59. The van der Waals surface area contributed by atoms with Crippen LogP contribution in [0.2, 0.25) is 0 Å². The van der Waals surface area contributed by atoms with Crippen LogP contribution >= 0.6 is 0 Å². The van der Waals surface area contributed by atoms with Crippen LogP contribution in [0, 0.1) is 11.8 Å². The number of carbonyl (C=O) groups excluding carboxylic acids is 1. The SMILES string of the molecule is COc1cc2c(cc1OC)NC(=O)C(C(C)C)CN2. The standard InChI is InChI=1S/C14H20N2O3/c1-8(2)9-7-15-10-5-12(18-3)13(19-4)6-11(10)16-14(9)17/h5-6,8-9,15H,7H2,1-4H3,(H,16,17). The van der Waals surface area contributed by atoms with Gasteiger partial charge in [0, 0.05) is 18.7 Å². The zero-order valence-corrected chi connectivity index (χ0v) is 11.7. The van der Waals surface area contributed by atoms with Crippen molar-refractivity contribution in [2.24, 2.45) is 11.8 Å². The molecule has 104 valence electrons. The van der Waals surface area contributed by atoms with Gasteiger partial charge < -0.3 is 20.1 Å². The van der Waals surface area contributed by atoms with Crippen LogP contribution in [0.3, 0.4) is 0 Å². The van der Waals surface area contributed by atoms with Crippen LogP contribution < -0.4 is 20.1 Å². The Morgan fingerprint density at radius 3 is 2.26 bits per heavy atom. The van der Waals surface area contributed by atoms with Gasteiger partial charge in [-0.05, 0) is 5.92 Å². The van der Waals surface area contributed by atoms with Crippen molar-refractivity contribution in [1.29, 1.82) is 0 Å². The van der Waals surface area contributed by atoms with E-state index in [1.807, 2.05) is 19.9 Å². The molecule has 0 aromatic heterocycles. The number of nitrogens with one attached hydrogen (secondary N) is 2. The molecule has 0 spiro atoms. The highest BCUT2D eigenvalue weighted by Crippen LogP contribution is 2.38. The number of methoxy groups -OCH3 is 2. The topological polar surface area (TPSA) is 59.6 Å². The monoisotopic (exact) mass is 264 g/mol. The Balaban J connectivity index is 2.37. The van der Waals surface area contributed by atoms with Gasteiger partial charge in [0.25, 0.3) is 0 Å². The average Bonchev–Trinajstić information content (AvgIpc) is 2.54. The molecular formula is C14H20N2O3. The van der Waals surface area contributed by atoms with E-state index in [2.05, 4.69) is 10.6 Å². The molecule has 2 N–H and O–H groups in total. The highest BCUT2D eigenvalue weighted by Gasteiger charge is 2.26. The van der Waals surface area contributed by atoms with Crippen molar-refractivity contribution in [1.82, 2.24) is 0 Å². The number of amides is 1. The summed E-state index contributed by atoms with van der Waals surface area (Å²) in [7, 11) is 3.17. The van der Waals surface area contributed by atoms with Crippen molar-refractivity contribution in [2.45, 2.75) is 13.8 Å². The second-order valence-electron chi connectivity index (χ2n) is 4.97. The first-order valence-electron chi connectivity index (χ1n) is 6.37. The molecule has 1 aliphatic heterocycles. The smallest absolute Gasteiger partial charge is 0.229 e. The first-order valence-corrected chi connectivity index (χ1v) is 6.37. The summed E-state index contributed by atoms with van der Waals surface area (Å²) in [6.45, 7) is 4.71. The van der Waals surface area contributed by atoms with Gasteiger partial charge in [0.1, 0.15) is 0 Å². The van der Waals surface area contributed by atoms with Crippen molar-refractivity contribution in [2.75, 3.05) is 31.4 Å². The highest BCUT2D eigenvalue weighted by atomic mass is 16.5. The van der Waals surface area contributed by atoms with Crippen LogP contribution in [0.1, 0.15) is 13.8 Å². The Bertz CT molecular complexity index is 486. The van der Waals surface area contributed by atoms with Gasteiger partial charge in [0.05, 0.1) is 31.5 Å². The van der Waals surface area contributed by atoms with E-state index in [4.69, 9.17) is 9.47 Å². The zero-order chi connectivity index (χ0) is 14.0. The van der Waals surface area contributed by atoms with Gasteiger partial charge in [0.15, 0.2) is 11.5 Å². The van der Waals surface area contributed by atoms with E-state index < -0.39 is 0 Å². The van der Waals surface area contributed by atoms with Gasteiger partial charge in [-0.1, -0.05) is 13.8 Å². The number of rotatable bonds is 3. The second kappa shape index (κ2) is 5.38. The maximum absolute atomic E-state index is 12.1. The van der Waals surface area contributed by atoms with Crippen LogP contribution in [0.25, 0.3) is 0 Å². The summed E-state index contributed by atoms with van der Waals surface area (Å²) in [6.07, 6.45) is 0. The van der Waals surface area contributed by atoms with Gasteiger partial charge in [-0.3, -0.25) is 4.79 Å². The number of hydrogen-bond acceptors (Lipinski definition) is 4. The number of carbonyl (C=O) groups is 1. The van der Waals surface area contributed by atoms with Crippen molar-refractivity contribution < 1.29 is 14.3 Å². The fraction of sp³-hybridized carbons (Fsp3) is 0.500. The molecule has 1 atom stereocenters. The van der Waals surface area contributed by atoms with Crippen molar-refractivity contribution >= 4 is 17.3 Å². The summed E-state index contributed by atoms with van der Waals surface area (Å²) in [6, 6.07) is 3.62. The molecule has 1 aliphatic rings. The lowest BCUT2D eigenvalue weighted by Gasteiger charge is -2.16. The fourth-order valence-electron chi connectivity index (χ4n) is 2.21. The molecule has 0 fully saturated rings. The average molecular weight is 264 g/mol. The summed E-state index contributed by atoms with van der Waals surface area (Å²) in [5.41, 5.74) is 1.58. The number of benzene rings is 1. The fourth-order valence-corrected chi connectivity index (χ4v) is 2.21. The Morgan fingerprint density at radius 2 is 1.74 bits per heavy atom. The maximum atomic E-state index is 12.1. The van der Waals surface area contributed by atoms with Crippen molar-refractivity contribution in [3.63, 3.8) is 0 Å². The number of ether oxygens (including phenoxy) is 2. The molecule has 0 radical (unpaired) electrons. The highest BCUT2D eigenvalue weighted by molar-refractivity contribution is 5.98. The third-order valence-corrected chi connectivity index (χ3v) is 3.44. The minimum absolute atomic E-state index is 0.0356. The van der Waals surface area contributed by atoms with Crippen LogP contribution in [0.15, 0.2) is 12.1 Å². The van der Waals surface area contributed by atoms with Crippen molar-refractivity contribution in [3.05, 3.63) is 12.1 Å². The molecule has 19 heavy (non-hydrogen) atoms. The lowest BCUT2D eigenvalue weighted by atomic mass is 9.95. The van der Waals surface area contributed by atoms with E-state index in [0.717, 1.165) is 11.4 Å². The van der Waals surface area contributed by atoms with Crippen LogP contribution in [-0.2, 0) is 4.79 Å². The Hall–Kier alpha value is -1.91. The molecular weight excluding hydrogens is 244 g/mol. The molecule has 0 aliphatic carbocycles. The Kier molecular flexibility index (Phi) is 3.83. The van der Waals surface area contributed by atoms with Gasteiger partial charge in [-0.15, -0.1) is 0 Å². The molecule has 1 heterocycles. The van der Waals surface area contributed by atoms with E-state index in [9.17, 15) is 4.79 Å². The second-order valence-corrected chi connectivity index (χ2v) is 4.97. The van der Waals surface area contributed by atoms with E-state index in [-0.39, 0.29) is 17.7 Å². The van der Waals surface area contributed by atoms with Gasteiger partial charge in [0.2, 0.25) is 5.91 Å². The molecule has 0 bridgehead atoms. The number of fused-ring (bicyclic) bond motifs is 1. The first kappa shape index (κ1) is 13.5. The summed E-state index contributed by atoms with van der Waals surface area (Å²) >= 11 is 0. The zero-order valence-electron chi connectivity index (χ0n) is 11.7. The number of anilines is 2. The Labute approximate surface area is 113 Å². The maximum Gasteiger partial charge on any atom is 0.229 e. The largest absolute Gasteiger partial charge is 0.493 e. The number of hydrogen-bond donors (Lipinski definition) is 2. The summed E-state index contributed by atoms with van der Waals surface area (Å²) in [4.78, 5) is 12.1. The van der Waals surface area contributed by atoms with Gasteiger partial charge >= 0.3 is 0 Å². The Morgan fingerprint density at radius 1 is 1.16 bits per heavy atom. The molecule has 1 aromatic rings. The minimum Gasteiger partial charge on any atom is -0.493 e. The minimum atomic E-state index is -0.0515. The molecule has 1 aromatic carbocycles. The lowest BCUT2D eigenvalue weighted by Crippen LogP contribution is -2.29. The van der Waals surface area contributed by atoms with E-state index in [0.29, 0.717) is 18.0 Å².